The molecule has 4 rings (SSSR count). The fourth-order valence-electron chi connectivity index (χ4n) is 4.14. The number of hydrogen-bond acceptors (Lipinski definition) is 9. The van der Waals surface area contributed by atoms with Gasteiger partial charge in [-0.25, -0.2) is 13.2 Å². The molecule has 3 N–H and O–H groups in total. The molecule has 1 saturated heterocycles. The maximum absolute atomic E-state index is 12.6. The van der Waals surface area contributed by atoms with Gasteiger partial charge in [0.25, 0.3) is 10.0 Å². The number of hydrogen-bond donors (Lipinski definition) is 3. The molecule has 2 heterocycles. The number of nitrogens with one attached hydrogen (secondary N) is 1. The second-order valence-electron chi connectivity index (χ2n) is 8.82. The van der Waals surface area contributed by atoms with Crippen molar-refractivity contribution in [2.75, 3.05) is 11.8 Å². The van der Waals surface area contributed by atoms with E-state index in [0.717, 1.165) is 0 Å². The van der Waals surface area contributed by atoms with Crippen molar-refractivity contribution >= 4 is 26.7 Å². The summed E-state index contributed by atoms with van der Waals surface area (Å²) < 4.78 is 49.9. The van der Waals surface area contributed by atoms with Crippen LogP contribution >= 0.6 is 0 Å². The number of methoxy groups -OCH3 is 1. The van der Waals surface area contributed by atoms with E-state index in [9.17, 15) is 23.4 Å². The van der Waals surface area contributed by atoms with E-state index in [1.807, 2.05) is 0 Å². The van der Waals surface area contributed by atoms with Crippen molar-refractivity contribution in [1.82, 2.24) is 0 Å². The molecule has 1 fully saturated rings. The minimum atomic E-state index is -3.98. The minimum absolute atomic E-state index is 0.00582. The Morgan fingerprint density at radius 3 is 2.40 bits per heavy atom. The van der Waals surface area contributed by atoms with Gasteiger partial charge in [0.05, 0.1) is 10.5 Å². The maximum atomic E-state index is 12.6. The third-order valence-corrected chi connectivity index (χ3v) is 7.32. The first-order valence-electron chi connectivity index (χ1n) is 10.8. The highest BCUT2D eigenvalue weighted by molar-refractivity contribution is 7.92. The van der Waals surface area contributed by atoms with Gasteiger partial charge in [0.2, 0.25) is 6.29 Å². The fraction of sp³-hybridized carbons (Fsp3) is 0.375. The van der Waals surface area contributed by atoms with Gasteiger partial charge in [-0.2, -0.15) is 0 Å². The lowest BCUT2D eigenvalue weighted by atomic mass is 9.89. The largest absolute Gasteiger partial charge is 0.462 e. The molecule has 0 amide bonds. The van der Waals surface area contributed by atoms with Crippen molar-refractivity contribution in [3.63, 3.8) is 0 Å². The molecule has 0 radical (unpaired) electrons. The highest BCUT2D eigenvalue weighted by Gasteiger charge is 2.50. The molecule has 3 aromatic rings. The smallest absolute Gasteiger partial charge is 0.360 e. The van der Waals surface area contributed by atoms with Gasteiger partial charge >= 0.3 is 5.63 Å². The Balaban J connectivity index is 1.63. The fourth-order valence-corrected chi connectivity index (χ4v) is 5.20. The van der Waals surface area contributed by atoms with Crippen LogP contribution in [0.1, 0.15) is 19.4 Å². The molecule has 35 heavy (non-hydrogen) atoms. The standard InChI is InChI=1S/C24H27NO9S/c1-13-17(32-23-19(27)18(26)21(31-4)24(2,3)34-23)11-10-14-12-16(22(28)33-20(13)14)25-35(29,30)15-8-6-5-7-9-15/h5-12,18-19,21,23,25-27H,1-4H3/t18-,19+,21+,23+/m0/s1. The molecule has 0 spiro atoms. The van der Waals surface area contributed by atoms with Crippen LogP contribution in [0.3, 0.4) is 0 Å². The first-order chi connectivity index (χ1) is 16.4. The van der Waals surface area contributed by atoms with Crippen molar-refractivity contribution in [2.24, 2.45) is 0 Å². The number of aliphatic hydroxyl groups excluding tert-OH is 2. The molecule has 0 unspecified atom stereocenters. The minimum Gasteiger partial charge on any atom is -0.462 e. The predicted molar refractivity (Wildman–Crippen MR) is 127 cm³/mol. The number of aryl methyl sites for hydroxylation is 1. The van der Waals surface area contributed by atoms with Crippen LogP contribution in [-0.2, 0) is 19.5 Å². The molecule has 188 valence electrons. The van der Waals surface area contributed by atoms with E-state index in [2.05, 4.69) is 4.72 Å². The Morgan fingerprint density at radius 1 is 1.06 bits per heavy atom. The van der Waals surface area contributed by atoms with Crippen molar-refractivity contribution < 1.29 is 37.3 Å². The Hall–Kier alpha value is -2.96. The van der Waals surface area contributed by atoms with Gasteiger partial charge in [-0.3, -0.25) is 4.72 Å². The van der Waals surface area contributed by atoms with E-state index >= 15 is 0 Å². The lowest BCUT2D eigenvalue weighted by molar-refractivity contribution is -0.306. The van der Waals surface area contributed by atoms with Gasteiger partial charge in [-0.05, 0) is 51.1 Å². The number of anilines is 1. The van der Waals surface area contributed by atoms with Gasteiger partial charge in [-0.15, -0.1) is 0 Å². The zero-order chi connectivity index (χ0) is 25.5. The molecule has 4 atom stereocenters. The first-order valence-corrected chi connectivity index (χ1v) is 12.3. The molecule has 1 aromatic heterocycles. The number of benzene rings is 2. The average molecular weight is 506 g/mol. The van der Waals surface area contributed by atoms with Crippen molar-refractivity contribution in [3.05, 3.63) is 64.5 Å². The molecular weight excluding hydrogens is 478 g/mol. The van der Waals surface area contributed by atoms with Crippen LogP contribution in [0.2, 0.25) is 0 Å². The monoisotopic (exact) mass is 505 g/mol. The van der Waals surface area contributed by atoms with E-state index in [1.165, 1.54) is 25.3 Å². The second kappa shape index (κ2) is 9.25. The first kappa shape index (κ1) is 25.1. The third kappa shape index (κ3) is 4.78. The second-order valence-corrected chi connectivity index (χ2v) is 10.5. The van der Waals surface area contributed by atoms with Gasteiger partial charge in [0, 0.05) is 18.1 Å². The van der Waals surface area contributed by atoms with E-state index in [1.54, 1.807) is 51.1 Å². The number of fused-ring (bicyclic) bond motifs is 1. The summed E-state index contributed by atoms with van der Waals surface area (Å²) in [5.74, 6) is 0.251. The van der Waals surface area contributed by atoms with E-state index in [0.29, 0.717) is 10.9 Å². The van der Waals surface area contributed by atoms with Crippen LogP contribution in [0, 0.1) is 6.92 Å². The zero-order valence-corrected chi connectivity index (χ0v) is 20.4. The lowest BCUT2D eigenvalue weighted by Gasteiger charge is -2.46. The van der Waals surface area contributed by atoms with Crippen molar-refractivity contribution in [1.29, 1.82) is 0 Å². The average Bonchev–Trinajstić information content (AvgIpc) is 2.80. The molecule has 11 heteroatoms. The molecule has 0 bridgehead atoms. The number of rotatable bonds is 6. The van der Waals surface area contributed by atoms with Gasteiger partial charge < -0.3 is 28.8 Å². The molecule has 1 aliphatic rings. The summed E-state index contributed by atoms with van der Waals surface area (Å²) in [6, 6.07) is 12.2. The van der Waals surface area contributed by atoms with Crippen LogP contribution in [0.25, 0.3) is 11.0 Å². The normalized spacial score (nSPS) is 24.3. The molecule has 2 aromatic carbocycles. The number of aliphatic hydroxyl groups is 2. The summed E-state index contributed by atoms with van der Waals surface area (Å²) in [6.45, 7) is 5.05. The van der Waals surface area contributed by atoms with E-state index in [-0.39, 0.29) is 21.9 Å². The lowest BCUT2D eigenvalue weighted by Crippen LogP contribution is -2.63. The Morgan fingerprint density at radius 2 is 1.74 bits per heavy atom. The highest BCUT2D eigenvalue weighted by Crippen LogP contribution is 2.35. The Bertz CT molecular complexity index is 1390. The molecule has 0 saturated carbocycles. The van der Waals surface area contributed by atoms with Gasteiger partial charge in [0.1, 0.15) is 35.3 Å². The van der Waals surface area contributed by atoms with Crippen LogP contribution in [0.4, 0.5) is 5.69 Å². The molecule has 10 nitrogen and oxygen atoms in total. The zero-order valence-electron chi connectivity index (χ0n) is 19.6. The van der Waals surface area contributed by atoms with Gasteiger partial charge in [-0.1, -0.05) is 18.2 Å². The summed E-state index contributed by atoms with van der Waals surface area (Å²) >= 11 is 0. The topological polar surface area (TPSA) is 145 Å². The molecular formula is C24H27NO9S. The molecule has 0 aliphatic carbocycles. The SMILES string of the molecule is CO[C@@H]1[C@@H](O)[C@@H](O)[C@H](Oc2ccc3cc(NS(=O)(=O)c4ccccc4)c(=O)oc3c2C)OC1(C)C. The van der Waals surface area contributed by atoms with Crippen LogP contribution in [-0.4, -0.2) is 55.9 Å². The summed E-state index contributed by atoms with van der Waals surface area (Å²) in [4.78, 5) is 12.6. The van der Waals surface area contributed by atoms with E-state index in [4.69, 9.17) is 18.6 Å². The Labute approximate surface area is 202 Å². The third-order valence-electron chi connectivity index (χ3n) is 5.94. The summed E-state index contributed by atoms with van der Waals surface area (Å²) in [5, 5.41) is 21.4. The maximum Gasteiger partial charge on any atom is 0.360 e. The van der Waals surface area contributed by atoms with Crippen molar-refractivity contribution in [2.45, 2.75) is 55.9 Å². The molecule has 1 aliphatic heterocycles. The summed E-state index contributed by atoms with van der Waals surface area (Å²) in [7, 11) is -2.57. The van der Waals surface area contributed by atoms with Crippen LogP contribution in [0.15, 0.2) is 62.6 Å². The Kier molecular flexibility index (Phi) is 6.64. The highest BCUT2D eigenvalue weighted by atomic mass is 32.2. The summed E-state index contributed by atoms with van der Waals surface area (Å²) in [5.41, 5.74) is -1.48. The quantitative estimate of drug-likeness (QED) is 0.429. The number of sulfonamides is 1. The predicted octanol–water partition coefficient (Wildman–Crippen LogP) is 2.15. The summed E-state index contributed by atoms with van der Waals surface area (Å²) in [6.07, 6.45) is -4.64. The van der Waals surface area contributed by atoms with Crippen molar-refractivity contribution in [3.8, 4) is 5.75 Å². The van der Waals surface area contributed by atoms with E-state index < -0.39 is 45.9 Å². The van der Waals surface area contributed by atoms with Gasteiger partial charge in [0.15, 0.2) is 0 Å². The number of ether oxygens (including phenoxy) is 3. The van der Waals surface area contributed by atoms with Crippen LogP contribution < -0.4 is 15.1 Å². The van der Waals surface area contributed by atoms with Crippen LogP contribution in [0.5, 0.6) is 5.75 Å².